The van der Waals surface area contributed by atoms with Gasteiger partial charge in [-0.3, -0.25) is 0 Å². The first kappa shape index (κ1) is 12.8. The second-order valence-electron chi connectivity index (χ2n) is 4.75. The van der Waals surface area contributed by atoms with Gasteiger partial charge in [-0.2, -0.15) is 0 Å². The largest absolute Gasteiger partial charge is 0.379 e. The zero-order valence-corrected chi connectivity index (χ0v) is 10.6. The molecular formula is C13H17ClFNO. The average Bonchev–Trinajstić information content (AvgIpc) is 2.22. The molecule has 1 aromatic rings. The lowest BCUT2D eigenvalue weighted by atomic mass is 9.68. The van der Waals surface area contributed by atoms with Crippen molar-refractivity contribution in [2.75, 3.05) is 19.8 Å². The van der Waals surface area contributed by atoms with Gasteiger partial charge in [0.1, 0.15) is 5.82 Å². The van der Waals surface area contributed by atoms with Crippen molar-refractivity contribution in [3.05, 3.63) is 34.6 Å². The van der Waals surface area contributed by atoms with E-state index >= 15 is 0 Å². The van der Waals surface area contributed by atoms with Crippen molar-refractivity contribution in [3.8, 4) is 0 Å². The third kappa shape index (κ3) is 2.19. The summed E-state index contributed by atoms with van der Waals surface area (Å²) in [5.74, 6) is 0.0794. The standard InChI is InChI=1S/C13H17ClFNO/c1-9(4-5-16)13(7-17-8-13)11-6-10(14)2-3-12(11)15/h2-3,6,9H,4-5,7-8,16H2,1H3. The van der Waals surface area contributed by atoms with Gasteiger partial charge in [-0.25, -0.2) is 4.39 Å². The van der Waals surface area contributed by atoms with Gasteiger partial charge in [-0.15, -0.1) is 0 Å². The van der Waals surface area contributed by atoms with E-state index in [1.165, 1.54) is 6.07 Å². The molecule has 1 saturated heterocycles. The van der Waals surface area contributed by atoms with Gasteiger partial charge in [0, 0.05) is 16.0 Å². The molecule has 2 rings (SSSR count). The Morgan fingerprint density at radius 1 is 1.53 bits per heavy atom. The molecule has 0 spiro atoms. The Balaban J connectivity index is 2.37. The first-order valence-electron chi connectivity index (χ1n) is 5.83. The van der Waals surface area contributed by atoms with Crippen LogP contribution in [0.15, 0.2) is 18.2 Å². The van der Waals surface area contributed by atoms with Crippen LogP contribution in [0.5, 0.6) is 0 Å². The molecule has 4 heteroatoms. The van der Waals surface area contributed by atoms with E-state index in [1.807, 2.05) is 0 Å². The Hall–Kier alpha value is -0.640. The minimum Gasteiger partial charge on any atom is -0.379 e. The number of rotatable bonds is 4. The monoisotopic (exact) mass is 257 g/mol. The molecule has 0 aromatic heterocycles. The summed E-state index contributed by atoms with van der Waals surface area (Å²) in [6.45, 7) is 3.79. The maximum atomic E-state index is 13.9. The van der Waals surface area contributed by atoms with Crippen molar-refractivity contribution in [3.63, 3.8) is 0 Å². The fourth-order valence-electron chi connectivity index (χ4n) is 2.43. The van der Waals surface area contributed by atoms with Crippen LogP contribution in [0.25, 0.3) is 0 Å². The highest BCUT2D eigenvalue weighted by Crippen LogP contribution is 2.42. The van der Waals surface area contributed by atoms with Gasteiger partial charge in [-0.1, -0.05) is 18.5 Å². The van der Waals surface area contributed by atoms with Gasteiger partial charge in [-0.05, 0) is 37.1 Å². The molecule has 2 nitrogen and oxygen atoms in total. The third-order valence-electron chi connectivity index (χ3n) is 3.73. The quantitative estimate of drug-likeness (QED) is 0.900. The number of ether oxygens (including phenoxy) is 1. The zero-order chi connectivity index (χ0) is 12.5. The summed E-state index contributed by atoms with van der Waals surface area (Å²) >= 11 is 5.95. The Morgan fingerprint density at radius 3 is 2.76 bits per heavy atom. The summed E-state index contributed by atoms with van der Waals surface area (Å²) < 4.78 is 19.2. The Kier molecular flexibility index (Phi) is 3.71. The molecule has 0 aliphatic carbocycles. The van der Waals surface area contributed by atoms with Crippen molar-refractivity contribution >= 4 is 11.6 Å². The highest BCUT2D eigenvalue weighted by Gasteiger charge is 2.46. The van der Waals surface area contributed by atoms with E-state index < -0.39 is 0 Å². The number of benzene rings is 1. The van der Waals surface area contributed by atoms with E-state index in [2.05, 4.69) is 6.92 Å². The smallest absolute Gasteiger partial charge is 0.127 e. The van der Waals surface area contributed by atoms with E-state index in [1.54, 1.807) is 12.1 Å². The highest BCUT2D eigenvalue weighted by molar-refractivity contribution is 6.30. The van der Waals surface area contributed by atoms with Crippen LogP contribution in [-0.4, -0.2) is 19.8 Å². The van der Waals surface area contributed by atoms with E-state index in [4.69, 9.17) is 22.1 Å². The molecule has 0 saturated carbocycles. The Bertz CT molecular complexity index is 406. The number of halogens is 2. The second-order valence-corrected chi connectivity index (χ2v) is 5.19. The summed E-state index contributed by atoms with van der Waals surface area (Å²) in [5, 5.41) is 0.563. The SMILES string of the molecule is CC(CCN)C1(c2cc(Cl)ccc2F)COC1. The molecule has 94 valence electrons. The number of hydrogen-bond acceptors (Lipinski definition) is 2. The van der Waals surface area contributed by atoms with Gasteiger partial charge >= 0.3 is 0 Å². The van der Waals surface area contributed by atoms with Crippen LogP contribution < -0.4 is 5.73 Å². The van der Waals surface area contributed by atoms with Crippen LogP contribution in [0.3, 0.4) is 0 Å². The van der Waals surface area contributed by atoms with E-state index in [-0.39, 0.29) is 17.2 Å². The molecule has 0 amide bonds. The second kappa shape index (κ2) is 4.92. The fraction of sp³-hybridized carbons (Fsp3) is 0.538. The molecule has 1 aromatic carbocycles. The van der Waals surface area contributed by atoms with Crippen LogP contribution in [0, 0.1) is 11.7 Å². The Labute approximate surface area is 106 Å². The lowest BCUT2D eigenvalue weighted by molar-refractivity contribution is -0.0898. The van der Waals surface area contributed by atoms with Gasteiger partial charge in [0.15, 0.2) is 0 Å². The lowest BCUT2D eigenvalue weighted by Gasteiger charge is -2.46. The maximum Gasteiger partial charge on any atom is 0.127 e. The molecule has 1 heterocycles. The molecule has 1 aliphatic rings. The van der Waals surface area contributed by atoms with E-state index in [0.717, 1.165) is 6.42 Å². The molecule has 0 radical (unpaired) electrons. The van der Waals surface area contributed by atoms with Crippen LogP contribution in [0.1, 0.15) is 18.9 Å². The summed E-state index contributed by atoms with van der Waals surface area (Å²) in [6.07, 6.45) is 0.856. The minimum absolute atomic E-state index is 0.207. The number of hydrogen-bond donors (Lipinski definition) is 1. The van der Waals surface area contributed by atoms with E-state index in [9.17, 15) is 4.39 Å². The highest BCUT2D eigenvalue weighted by atomic mass is 35.5. The summed E-state index contributed by atoms with van der Waals surface area (Å²) in [4.78, 5) is 0. The summed E-state index contributed by atoms with van der Waals surface area (Å²) in [6, 6.07) is 4.71. The van der Waals surface area contributed by atoms with Crippen LogP contribution in [0.4, 0.5) is 4.39 Å². The summed E-state index contributed by atoms with van der Waals surface area (Å²) in [7, 11) is 0. The molecule has 2 N–H and O–H groups in total. The molecule has 17 heavy (non-hydrogen) atoms. The predicted octanol–water partition coefficient (Wildman–Crippen LogP) is 2.73. The van der Waals surface area contributed by atoms with Crippen molar-refractivity contribution in [2.24, 2.45) is 11.7 Å². The molecule has 1 atom stereocenters. The topological polar surface area (TPSA) is 35.2 Å². The molecule has 0 bridgehead atoms. The minimum atomic E-state index is -0.256. The van der Waals surface area contributed by atoms with Crippen molar-refractivity contribution in [1.29, 1.82) is 0 Å². The average molecular weight is 258 g/mol. The lowest BCUT2D eigenvalue weighted by Crippen LogP contribution is -2.52. The summed E-state index contributed by atoms with van der Waals surface area (Å²) in [5.41, 5.74) is 6.00. The van der Waals surface area contributed by atoms with Gasteiger partial charge in [0.2, 0.25) is 0 Å². The van der Waals surface area contributed by atoms with Gasteiger partial charge in [0.25, 0.3) is 0 Å². The van der Waals surface area contributed by atoms with Crippen LogP contribution in [0.2, 0.25) is 5.02 Å². The zero-order valence-electron chi connectivity index (χ0n) is 9.88. The fourth-order valence-corrected chi connectivity index (χ4v) is 2.60. The number of nitrogens with two attached hydrogens (primary N) is 1. The van der Waals surface area contributed by atoms with Crippen molar-refractivity contribution in [1.82, 2.24) is 0 Å². The molecule has 1 fully saturated rings. The maximum absolute atomic E-state index is 13.9. The normalized spacial score (nSPS) is 19.8. The van der Waals surface area contributed by atoms with E-state index in [0.29, 0.717) is 30.3 Å². The predicted molar refractivity (Wildman–Crippen MR) is 66.7 cm³/mol. The van der Waals surface area contributed by atoms with Crippen molar-refractivity contribution in [2.45, 2.75) is 18.8 Å². The molecular weight excluding hydrogens is 241 g/mol. The first-order valence-corrected chi connectivity index (χ1v) is 6.21. The van der Waals surface area contributed by atoms with Gasteiger partial charge in [0.05, 0.1) is 13.2 Å². The van der Waals surface area contributed by atoms with Crippen molar-refractivity contribution < 1.29 is 9.13 Å². The molecule has 1 unspecified atom stereocenters. The third-order valence-corrected chi connectivity index (χ3v) is 3.96. The first-order chi connectivity index (χ1) is 8.10. The van der Waals surface area contributed by atoms with Crippen LogP contribution in [-0.2, 0) is 10.2 Å². The Morgan fingerprint density at radius 2 is 2.24 bits per heavy atom. The molecule has 1 aliphatic heterocycles. The van der Waals surface area contributed by atoms with Crippen LogP contribution >= 0.6 is 11.6 Å². The van der Waals surface area contributed by atoms with Gasteiger partial charge < -0.3 is 10.5 Å².